The number of aldehydes is 1. The Morgan fingerprint density at radius 3 is 2.39 bits per heavy atom. The number of carbonyl (C=O) groups excluding carboxylic acids is 2. The van der Waals surface area contributed by atoms with E-state index in [4.69, 9.17) is 0 Å². The number of carbonyl (C=O) groups is 2. The second kappa shape index (κ2) is 12.7. The third-order valence-corrected chi connectivity index (χ3v) is 8.09. The van der Waals surface area contributed by atoms with Gasteiger partial charge in [-0.05, 0) is 50.3 Å². The summed E-state index contributed by atoms with van der Waals surface area (Å²) in [5, 5.41) is 9.95. The van der Waals surface area contributed by atoms with Crippen LogP contribution in [-0.2, 0) is 11.3 Å². The normalized spacial score (nSPS) is 24.5. The van der Waals surface area contributed by atoms with Gasteiger partial charge in [-0.25, -0.2) is 0 Å². The van der Waals surface area contributed by atoms with Crippen LogP contribution in [0.4, 0.5) is 0 Å². The highest BCUT2D eigenvalue weighted by Crippen LogP contribution is 2.44. The summed E-state index contributed by atoms with van der Waals surface area (Å²) < 4.78 is 0. The second-order valence-electron chi connectivity index (χ2n) is 10.7. The number of amides is 1. The average Bonchev–Trinajstić information content (AvgIpc) is 3.42. The van der Waals surface area contributed by atoms with Crippen LogP contribution >= 0.6 is 0 Å². The van der Waals surface area contributed by atoms with Gasteiger partial charge in [0.05, 0.1) is 6.10 Å². The number of hydrogen-bond donors (Lipinski definition) is 1. The van der Waals surface area contributed by atoms with Crippen LogP contribution in [0.5, 0.6) is 0 Å². The highest BCUT2D eigenvalue weighted by atomic mass is 16.3. The van der Waals surface area contributed by atoms with Gasteiger partial charge in [0.15, 0.2) is 0 Å². The maximum atomic E-state index is 11.3. The average molecular weight is 457 g/mol. The Hall–Kier alpha value is -1.72. The summed E-state index contributed by atoms with van der Waals surface area (Å²) in [6, 6.07) is 7.74. The SMILES string of the molecule is CN1CCC(O)C2(CCCC2)C1.CN1Cc2ccccc2C1=O.O=CCCC1CCCCC1. The molecule has 2 aliphatic carbocycles. The molecule has 5 heteroatoms. The van der Waals surface area contributed by atoms with E-state index in [1.807, 2.05) is 31.3 Å². The maximum absolute atomic E-state index is 11.3. The number of aliphatic hydroxyl groups excluding tert-OH is 1. The molecular formula is C28H44N2O3. The van der Waals surface area contributed by atoms with E-state index in [2.05, 4.69) is 11.9 Å². The fourth-order valence-corrected chi connectivity index (χ4v) is 6.12. The minimum absolute atomic E-state index is 0.0174. The quantitative estimate of drug-likeness (QED) is 0.646. The lowest BCUT2D eigenvalue weighted by Crippen LogP contribution is -2.48. The molecule has 1 amide bonds. The van der Waals surface area contributed by atoms with Crippen LogP contribution < -0.4 is 0 Å². The van der Waals surface area contributed by atoms with Gasteiger partial charge in [-0.3, -0.25) is 4.79 Å². The Labute approximate surface area is 200 Å². The molecule has 1 aromatic carbocycles. The first-order valence-electron chi connectivity index (χ1n) is 13.1. The summed E-state index contributed by atoms with van der Waals surface area (Å²) in [5.41, 5.74) is 2.28. The standard InChI is InChI=1S/C10H19NO.C9H9NO.C9H16O/c1-11-7-4-9(12)10(8-11)5-2-3-6-10;1-10-6-7-4-2-3-5-8(7)9(10)11;10-8-4-7-9-5-2-1-3-6-9/h9,12H,2-8H2,1H3;2-5H,6H2,1H3;8-9H,1-7H2. The van der Waals surface area contributed by atoms with Crippen molar-refractivity contribution in [2.45, 2.75) is 89.7 Å². The van der Waals surface area contributed by atoms with Gasteiger partial charge in [0.2, 0.25) is 0 Å². The molecule has 2 saturated carbocycles. The number of rotatable bonds is 3. The minimum Gasteiger partial charge on any atom is -0.392 e. The fourth-order valence-electron chi connectivity index (χ4n) is 6.12. The van der Waals surface area contributed by atoms with E-state index >= 15 is 0 Å². The van der Waals surface area contributed by atoms with Crippen LogP contribution in [0, 0.1) is 11.3 Å². The molecule has 0 bridgehead atoms. The third kappa shape index (κ3) is 7.13. The molecule has 0 radical (unpaired) electrons. The van der Waals surface area contributed by atoms with Gasteiger partial charge in [0.25, 0.3) is 5.91 Å². The summed E-state index contributed by atoms with van der Waals surface area (Å²) >= 11 is 0. The molecular weight excluding hydrogens is 412 g/mol. The zero-order chi connectivity index (χ0) is 23.7. The van der Waals surface area contributed by atoms with E-state index < -0.39 is 0 Å². The van der Waals surface area contributed by atoms with Gasteiger partial charge in [-0.1, -0.05) is 63.1 Å². The number of piperidine rings is 1. The Bertz CT molecular complexity index is 753. The number of benzene rings is 1. The van der Waals surface area contributed by atoms with Crippen molar-refractivity contribution in [1.29, 1.82) is 0 Å². The van der Waals surface area contributed by atoms with Crippen LogP contribution in [0.25, 0.3) is 0 Å². The van der Waals surface area contributed by atoms with Crippen LogP contribution in [0.15, 0.2) is 24.3 Å². The van der Waals surface area contributed by atoms with Crippen molar-refractivity contribution in [1.82, 2.24) is 9.80 Å². The lowest BCUT2D eigenvalue weighted by Gasteiger charge is -2.42. The van der Waals surface area contributed by atoms with E-state index in [9.17, 15) is 14.7 Å². The van der Waals surface area contributed by atoms with Crippen molar-refractivity contribution in [3.63, 3.8) is 0 Å². The molecule has 1 N–H and O–H groups in total. The zero-order valence-electron chi connectivity index (χ0n) is 20.8. The lowest BCUT2D eigenvalue weighted by molar-refractivity contribution is -0.108. The molecule has 1 unspecified atom stereocenters. The van der Waals surface area contributed by atoms with E-state index in [0.29, 0.717) is 0 Å². The van der Waals surface area contributed by atoms with Gasteiger partial charge in [-0.2, -0.15) is 0 Å². The van der Waals surface area contributed by atoms with Gasteiger partial charge in [0.1, 0.15) is 6.29 Å². The highest BCUT2D eigenvalue weighted by molar-refractivity contribution is 5.98. The van der Waals surface area contributed by atoms with Crippen molar-refractivity contribution >= 4 is 12.2 Å². The summed E-state index contributed by atoms with van der Waals surface area (Å²) in [7, 11) is 3.99. The number of aliphatic hydroxyl groups is 1. The molecule has 4 aliphatic rings. The predicted molar refractivity (Wildman–Crippen MR) is 133 cm³/mol. The molecule has 5 nitrogen and oxygen atoms in total. The minimum atomic E-state index is -0.0174. The van der Waals surface area contributed by atoms with Crippen molar-refractivity contribution in [3.8, 4) is 0 Å². The first-order chi connectivity index (χ1) is 15.9. The van der Waals surface area contributed by atoms with Crippen LogP contribution in [-0.4, -0.2) is 60.4 Å². The smallest absolute Gasteiger partial charge is 0.254 e. The topological polar surface area (TPSA) is 60.9 Å². The fraction of sp³-hybridized carbons (Fsp3) is 0.714. The molecule has 0 aromatic heterocycles. The van der Waals surface area contributed by atoms with Crippen molar-refractivity contribution in [3.05, 3.63) is 35.4 Å². The second-order valence-corrected chi connectivity index (χ2v) is 10.7. The molecule has 184 valence electrons. The molecule has 2 heterocycles. The highest BCUT2D eigenvalue weighted by Gasteiger charge is 2.43. The van der Waals surface area contributed by atoms with Gasteiger partial charge < -0.3 is 19.7 Å². The molecule has 2 aliphatic heterocycles. The number of nitrogens with zero attached hydrogens (tertiary/aromatic N) is 2. The third-order valence-electron chi connectivity index (χ3n) is 8.09. The molecule has 1 aromatic rings. The van der Waals surface area contributed by atoms with Gasteiger partial charge in [-0.15, -0.1) is 0 Å². The Balaban J connectivity index is 0.000000140. The van der Waals surface area contributed by atoms with Crippen LogP contribution in [0.1, 0.15) is 93.0 Å². The van der Waals surface area contributed by atoms with Gasteiger partial charge >= 0.3 is 0 Å². The summed E-state index contributed by atoms with van der Waals surface area (Å²) in [5.74, 6) is 1.01. The summed E-state index contributed by atoms with van der Waals surface area (Å²) in [4.78, 5) is 25.5. The number of fused-ring (bicyclic) bond motifs is 1. The number of hydrogen-bond acceptors (Lipinski definition) is 4. The Morgan fingerprint density at radius 1 is 1.03 bits per heavy atom. The van der Waals surface area contributed by atoms with E-state index in [-0.39, 0.29) is 17.4 Å². The van der Waals surface area contributed by atoms with E-state index in [1.165, 1.54) is 57.8 Å². The first kappa shape index (κ1) is 25.9. The molecule has 33 heavy (non-hydrogen) atoms. The maximum Gasteiger partial charge on any atom is 0.254 e. The van der Waals surface area contributed by atoms with Gasteiger partial charge in [0, 0.05) is 44.1 Å². The van der Waals surface area contributed by atoms with E-state index in [1.54, 1.807) is 4.90 Å². The van der Waals surface area contributed by atoms with Crippen LogP contribution in [0.3, 0.4) is 0 Å². The predicted octanol–water partition coefficient (Wildman–Crippen LogP) is 5.06. The first-order valence-corrected chi connectivity index (χ1v) is 13.1. The van der Waals surface area contributed by atoms with E-state index in [0.717, 1.165) is 62.2 Å². The Morgan fingerprint density at radius 2 is 1.73 bits per heavy atom. The van der Waals surface area contributed by atoms with Crippen molar-refractivity contribution in [2.75, 3.05) is 27.2 Å². The largest absolute Gasteiger partial charge is 0.392 e. The molecule has 1 atom stereocenters. The molecule has 3 fully saturated rings. The van der Waals surface area contributed by atoms with Crippen molar-refractivity contribution < 1.29 is 14.7 Å². The zero-order valence-corrected chi connectivity index (χ0v) is 20.8. The summed E-state index contributed by atoms with van der Waals surface area (Å²) in [6.07, 6.45) is 16.0. The molecule has 5 rings (SSSR count). The lowest BCUT2D eigenvalue weighted by atomic mass is 9.76. The van der Waals surface area contributed by atoms with Crippen LogP contribution in [0.2, 0.25) is 0 Å². The number of likely N-dealkylation sites (tertiary alicyclic amines) is 1. The Kier molecular flexibility index (Phi) is 9.94. The molecule has 1 spiro atoms. The van der Waals surface area contributed by atoms with Crippen molar-refractivity contribution in [2.24, 2.45) is 11.3 Å². The monoisotopic (exact) mass is 456 g/mol. The molecule has 1 saturated heterocycles. The summed E-state index contributed by atoms with van der Waals surface area (Å²) in [6.45, 7) is 2.95.